The van der Waals surface area contributed by atoms with Gasteiger partial charge in [0.05, 0.1) is 20.3 Å². The molecule has 1 aliphatic heterocycles. The summed E-state index contributed by atoms with van der Waals surface area (Å²) in [6.07, 6.45) is 2.95. The highest BCUT2D eigenvalue weighted by molar-refractivity contribution is 6.07. The second kappa shape index (κ2) is 9.32. The van der Waals surface area contributed by atoms with Gasteiger partial charge in [-0.15, -0.1) is 0 Å². The molecule has 0 bridgehead atoms. The highest BCUT2D eigenvalue weighted by Crippen LogP contribution is 2.30. The average molecular weight is 389 g/mol. The van der Waals surface area contributed by atoms with Crippen LogP contribution in [0.1, 0.15) is 15.9 Å². The quantitative estimate of drug-likeness (QED) is 0.529. The van der Waals surface area contributed by atoms with Crippen molar-refractivity contribution in [1.29, 1.82) is 0 Å². The van der Waals surface area contributed by atoms with Crippen LogP contribution in [-0.2, 0) is 4.74 Å². The van der Waals surface area contributed by atoms with Crippen LogP contribution >= 0.6 is 0 Å². The summed E-state index contributed by atoms with van der Waals surface area (Å²) in [5, 5.41) is 0. The summed E-state index contributed by atoms with van der Waals surface area (Å²) >= 11 is 0. The monoisotopic (exact) mass is 389 g/mol. The molecule has 1 fully saturated rings. The van der Waals surface area contributed by atoms with Crippen LogP contribution in [0.3, 0.4) is 0 Å². The third-order valence-electron chi connectivity index (χ3n) is 4.36. The van der Waals surface area contributed by atoms with E-state index in [0.717, 1.165) is 18.8 Å². The SMILES string of the molecule is COc1ccc(/C=C/C(=O)c2ccc(N3CCOCC3)cc2)cc1OC(F)F. The first-order valence-corrected chi connectivity index (χ1v) is 8.85. The molecule has 0 spiro atoms. The molecule has 0 amide bonds. The lowest BCUT2D eigenvalue weighted by Gasteiger charge is -2.28. The Balaban J connectivity index is 1.69. The number of anilines is 1. The molecular weight excluding hydrogens is 368 g/mol. The normalized spacial score (nSPS) is 14.5. The van der Waals surface area contributed by atoms with E-state index < -0.39 is 6.61 Å². The maximum Gasteiger partial charge on any atom is 0.387 e. The topological polar surface area (TPSA) is 48.0 Å². The van der Waals surface area contributed by atoms with E-state index in [1.165, 1.54) is 25.3 Å². The van der Waals surface area contributed by atoms with E-state index in [-0.39, 0.29) is 17.3 Å². The summed E-state index contributed by atoms with van der Waals surface area (Å²) in [5.41, 5.74) is 2.15. The fraction of sp³-hybridized carbons (Fsp3) is 0.286. The average Bonchev–Trinajstić information content (AvgIpc) is 2.72. The number of ketones is 1. The molecule has 0 aromatic heterocycles. The molecular formula is C21H21F2NO4. The fourth-order valence-electron chi connectivity index (χ4n) is 2.91. The van der Waals surface area contributed by atoms with Crippen molar-refractivity contribution in [1.82, 2.24) is 0 Å². The zero-order valence-corrected chi connectivity index (χ0v) is 15.4. The number of methoxy groups -OCH3 is 1. The van der Waals surface area contributed by atoms with Gasteiger partial charge < -0.3 is 19.1 Å². The Labute approximate surface area is 162 Å². The Morgan fingerprint density at radius 3 is 2.46 bits per heavy atom. The highest BCUT2D eigenvalue weighted by Gasteiger charge is 2.12. The van der Waals surface area contributed by atoms with Gasteiger partial charge in [0, 0.05) is 24.3 Å². The predicted molar refractivity (Wildman–Crippen MR) is 102 cm³/mol. The number of morpholine rings is 1. The molecule has 0 N–H and O–H groups in total. The zero-order valence-electron chi connectivity index (χ0n) is 15.4. The van der Waals surface area contributed by atoms with E-state index in [2.05, 4.69) is 9.64 Å². The molecule has 1 aliphatic rings. The molecule has 1 saturated heterocycles. The first-order valence-electron chi connectivity index (χ1n) is 8.85. The number of rotatable bonds is 7. The zero-order chi connectivity index (χ0) is 19.9. The Bertz CT molecular complexity index is 831. The number of benzene rings is 2. The van der Waals surface area contributed by atoms with E-state index in [4.69, 9.17) is 9.47 Å². The van der Waals surface area contributed by atoms with E-state index in [0.29, 0.717) is 24.3 Å². The molecule has 28 heavy (non-hydrogen) atoms. The fourth-order valence-corrected chi connectivity index (χ4v) is 2.91. The van der Waals surface area contributed by atoms with Crippen molar-refractivity contribution in [2.24, 2.45) is 0 Å². The smallest absolute Gasteiger partial charge is 0.387 e. The number of alkyl halides is 2. The standard InChI is InChI=1S/C21H21F2NO4/c1-26-19-9-3-15(14-20(19)28-21(22)23)2-8-18(25)16-4-6-17(7-5-16)24-10-12-27-13-11-24/h2-9,14,21H,10-13H2,1H3/b8-2+. The molecule has 5 nitrogen and oxygen atoms in total. The van der Waals surface area contributed by atoms with Crippen molar-refractivity contribution in [3.63, 3.8) is 0 Å². The molecule has 7 heteroatoms. The van der Waals surface area contributed by atoms with Gasteiger partial charge in [-0.3, -0.25) is 4.79 Å². The van der Waals surface area contributed by atoms with Crippen LogP contribution in [0.25, 0.3) is 6.08 Å². The Hall–Kier alpha value is -2.93. The van der Waals surface area contributed by atoms with Crippen LogP contribution in [0.15, 0.2) is 48.5 Å². The molecule has 0 aliphatic carbocycles. The van der Waals surface area contributed by atoms with Crippen molar-refractivity contribution in [3.8, 4) is 11.5 Å². The Kier molecular flexibility index (Phi) is 6.60. The third kappa shape index (κ3) is 5.07. The summed E-state index contributed by atoms with van der Waals surface area (Å²) in [6.45, 7) is 0.0895. The molecule has 3 rings (SSSR count). The lowest BCUT2D eigenvalue weighted by molar-refractivity contribution is -0.0512. The van der Waals surface area contributed by atoms with Gasteiger partial charge in [0.25, 0.3) is 0 Å². The van der Waals surface area contributed by atoms with Gasteiger partial charge in [0.2, 0.25) is 0 Å². The number of nitrogens with zero attached hydrogens (tertiary/aromatic N) is 1. The van der Waals surface area contributed by atoms with Gasteiger partial charge in [-0.25, -0.2) is 0 Å². The first-order chi connectivity index (χ1) is 13.6. The van der Waals surface area contributed by atoms with Gasteiger partial charge in [-0.05, 0) is 48.0 Å². The van der Waals surface area contributed by atoms with Crippen LogP contribution < -0.4 is 14.4 Å². The van der Waals surface area contributed by atoms with Crippen LogP contribution in [0.4, 0.5) is 14.5 Å². The van der Waals surface area contributed by atoms with Gasteiger partial charge in [-0.1, -0.05) is 12.1 Å². The molecule has 0 unspecified atom stereocenters. The maximum absolute atomic E-state index is 12.5. The molecule has 0 saturated carbocycles. The molecule has 0 atom stereocenters. The summed E-state index contributed by atoms with van der Waals surface area (Å²) in [7, 11) is 1.37. The van der Waals surface area contributed by atoms with Gasteiger partial charge in [-0.2, -0.15) is 8.78 Å². The van der Waals surface area contributed by atoms with Crippen molar-refractivity contribution < 1.29 is 27.8 Å². The van der Waals surface area contributed by atoms with Gasteiger partial charge in [0.1, 0.15) is 0 Å². The minimum Gasteiger partial charge on any atom is -0.493 e. The van der Waals surface area contributed by atoms with Crippen LogP contribution in [-0.4, -0.2) is 45.8 Å². The minimum absolute atomic E-state index is 0.0815. The summed E-state index contributed by atoms with van der Waals surface area (Å²) < 4.78 is 39.8. The minimum atomic E-state index is -2.96. The van der Waals surface area contributed by atoms with Crippen LogP contribution in [0.5, 0.6) is 11.5 Å². The highest BCUT2D eigenvalue weighted by atomic mass is 19.3. The largest absolute Gasteiger partial charge is 0.493 e. The van der Waals surface area contributed by atoms with Crippen LogP contribution in [0, 0.1) is 0 Å². The third-order valence-corrected chi connectivity index (χ3v) is 4.36. The van der Waals surface area contributed by atoms with Crippen molar-refractivity contribution in [2.45, 2.75) is 6.61 Å². The summed E-state index contributed by atoms with van der Waals surface area (Å²) in [6, 6.07) is 11.9. The Morgan fingerprint density at radius 2 is 1.82 bits per heavy atom. The van der Waals surface area contributed by atoms with Gasteiger partial charge >= 0.3 is 6.61 Å². The number of hydrogen-bond acceptors (Lipinski definition) is 5. The van der Waals surface area contributed by atoms with Crippen molar-refractivity contribution >= 4 is 17.5 Å². The lowest BCUT2D eigenvalue weighted by Crippen LogP contribution is -2.36. The number of ether oxygens (including phenoxy) is 3. The second-order valence-corrected chi connectivity index (χ2v) is 6.13. The summed E-state index contributed by atoms with van der Waals surface area (Å²) in [4.78, 5) is 14.6. The molecule has 2 aromatic carbocycles. The number of allylic oxidation sites excluding steroid dienone is 1. The molecule has 0 radical (unpaired) electrons. The van der Waals surface area contributed by atoms with E-state index in [9.17, 15) is 13.6 Å². The lowest BCUT2D eigenvalue weighted by atomic mass is 10.1. The summed E-state index contributed by atoms with van der Waals surface area (Å²) in [5.74, 6) is -0.0647. The first kappa shape index (κ1) is 19.8. The maximum atomic E-state index is 12.5. The Morgan fingerprint density at radius 1 is 1.11 bits per heavy atom. The number of hydrogen-bond donors (Lipinski definition) is 0. The van der Waals surface area contributed by atoms with E-state index in [1.54, 1.807) is 24.3 Å². The van der Waals surface area contributed by atoms with E-state index in [1.807, 2.05) is 12.1 Å². The van der Waals surface area contributed by atoms with Gasteiger partial charge in [0.15, 0.2) is 17.3 Å². The van der Waals surface area contributed by atoms with Crippen LogP contribution in [0.2, 0.25) is 0 Å². The van der Waals surface area contributed by atoms with Crippen molar-refractivity contribution in [3.05, 3.63) is 59.7 Å². The molecule has 148 valence electrons. The van der Waals surface area contributed by atoms with E-state index >= 15 is 0 Å². The van der Waals surface area contributed by atoms with Crippen molar-refractivity contribution in [2.75, 3.05) is 38.3 Å². The number of carbonyl (C=O) groups excluding carboxylic acids is 1. The molecule has 2 aromatic rings. The molecule has 1 heterocycles. The number of halogens is 2. The predicted octanol–water partition coefficient (Wildman–Crippen LogP) is 4.03. The second-order valence-electron chi connectivity index (χ2n) is 6.13. The number of carbonyl (C=O) groups is 1.